The topological polar surface area (TPSA) is 38.9 Å². The lowest BCUT2D eigenvalue weighted by Crippen LogP contribution is -1.91. The summed E-state index contributed by atoms with van der Waals surface area (Å²) in [4.78, 5) is 5.19. The number of nitrogens with zero attached hydrogens (tertiary/aromatic N) is 1. The molecule has 0 aliphatic heterocycles. The number of halogens is 1. The zero-order valence-electron chi connectivity index (χ0n) is 7.62. The number of hydrogen-bond acceptors (Lipinski definition) is 3. The van der Waals surface area contributed by atoms with Crippen molar-refractivity contribution in [1.82, 2.24) is 4.98 Å². The van der Waals surface area contributed by atoms with Crippen LogP contribution >= 0.6 is 22.9 Å². The molecule has 2 rings (SSSR count). The first-order valence-corrected chi connectivity index (χ1v) is 5.34. The van der Waals surface area contributed by atoms with Gasteiger partial charge in [0.15, 0.2) is 0 Å². The van der Waals surface area contributed by atoms with Gasteiger partial charge in [-0.3, -0.25) is 0 Å². The van der Waals surface area contributed by atoms with Crippen molar-refractivity contribution in [2.45, 2.75) is 6.92 Å². The van der Waals surface area contributed by atoms with Crippen LogP contribution in [0.3, 0.4) is 0 Å². The van der Waals surface area contributed by atoms with Crippen molar-refractivity contribution < 1.29 is 0 Å². The number of rotatable bonds is 1. The largest absolute Gasteiger partial charge is 0.384 e. The Morgan fingerprint density at radius 2 is 2.21 bits per heavy atom. The Hall–Kier alpha value is -1.06. The zero-order valence-corrected chi connectivity index (χ0v) is 9.19. The summed E-state index contributed by atoms with van der Waals surface area (Å²) in [5, 5.41) is 0. The normalized spacial score (nSPS) is 10.4. The summed E-state index contributed by atoms with van der Waals surface area (Å²) in [5.41, 5.74) is 7.79. The number of hydrogen-bond donors (Lipinski definition) is 1. The lowest BCUT2D eigenvalue weighted by atomic mass is 10.1. The number of aromatic nitrogens is 1. The SMILES string of the molecule is Cc1cc(N)ncc1-c1ccc(Cl)s1. The maximum absolute atomic E-state index is 5.87. The second-order valence-electron chi connectivity index (χ2n) is 3.03. The summed E-state index contributed by atoms with van der Waals surface area (Å²) in [7, 11) is 0. The van der Waals surface area contributed by atoms with E-state index in [1.165, 1.54) is 0 Å². The second kappa shape index (κ2) is 3.59. The predicted octanol–water partition coefficient (Wildman–Crippen LogP) is 3.35. The van der Waals surface area contributed by atoms with Gasteiger partial charge in [-0.1, -0.05) is 11.6 Å². The van der Waals surface area contributed by atoms with E-state index in [9.17, 15) is 0 Å². The maximum Gasteiger partial charge on any atom is 0.123 e. The lowest BCUT2D eigenvalue weighted by Gasteiger charge is -2.02. The van der Waals surface area contributed by atoms with Crippen molar-refractivity contribution in [1.29, 1.82) is 0 Å². The minimum atomic E-state index is 0.550. The molecule has 0 aliphatic carbocycles. The van der Waals surface area contributed by atoms with Crippen molar-refractivity contribution in [3.63, 3.8) is 0 Å². The molecule has 0 saturated heterocycles. The molecule has 2 aromatic heterocycles. The molecule has 2 aromatic rings. The van der Waals surface area contributed by atoms with Crippen molar-refractivity contribution >= 4 is 28.8 Å². The number of anilines is 1. The molecule has 0 aromatic carbocycles. The third kappa shape index (κ3) is 1.74. The van der Waals surface area contributed by atoms with Crippen LogP contribution in [0.2, 0.25) is 4.34 Å². The first-order valence-electron chi connectivity index (χ1n) is 4.14. The van der Waals surface area contributed by atoms with Crippen LogP contribution in [0, 0.1) is 6.92 Å². The van der Waals surface area contributed by atoms with Gasteiger partial charge >= 0.3 is 0 Å². The average molecular weight is 225 g/mol. The molecule has 2 nitrogen and oxygen atoms in total. The summed E-state index contributed by atoms with van der Waals surface area (Å²) < 4.78 is 0.788. The van der Waals surface area contributed by atoms with E-state index in [1.54, 1.807) is 17.5 Å². The summed E-state index contributed by atoms with van der Waals surface area (Å²) >= 11 is 7.41. The van der Waals surface area contributed by atoms with Gasteiger partial charge in [0.2, 0.25) is 0 Å². The van der Waals surface area contributed by atoms with Crippen molar-refractivity contribution in [2.24, 2.45) is 0 Å². The smallest absolute Gasteiger partial charge is 0.123 e. The lowest BCUT2D eigenvalue weighted by molar-refractivity contribution is 1.30. The minimum absolute atomic E-state index is 0.550. The summed E-state index contributed by atoms with van der Waals surface area (Å²) in [6.07, 6.45) is 1.78. The summed E-state index contributed by atoms with van der Waals surface area (Å²) in [6.45, 7) is 2.01. The monoisotopic (exact) mass is 224 g/mol. The van der Waals surface area contributed by atoms with Gasteiger partial charge in [0.25, 0.3) is 0 Å². The highest BCUT2D eigenvalue weighted by atomic mass is 35.5. The van der Waals surface area contributed by atoms with Crippen LogP contribution in [0.5, 0.6) is 0 Å². The Kier molecular flexibility index (Phi) is 2.44. The number of pyridine rings is 1. The molecule has 2 N–H and O–H groups in total. The summed E-state index contributed by atoms with van der Waals surface area (Å²) in [6, 6.07) is 5.74. The molecule has 72 valence electrons. The molecule has 14 heavy (non-hydrogen) atoms. The first-order chi connectivity index (χ1) is 6.66. The van der Waals surface area contributed by atoms with Crippen molar-refractivity contribution in [2.75, 3.05) is 5.73 Å². The van der Waals surface area contributed by atoms with Crippen LogP contribution in [0.15, 0.2) is 24.4 Å². The van der Waals surface area contributed by atoms with E-state index in [0.29, 0.717) is 5.82 Å². The molecule has 0 saturated carbocycles. The van der Waals surface area contributed by atoms with Crippen molar-refractivity contribution in [3.05, 3.63) is 34.3 Å². The van der Waals surface area contributed by atoms with Gasteiger partial charge in [-0.15, -0.1) is 11.3 Å². The van der Waals surface area contributed by atoms with Crippen molar-refractivity contribution in [3.8, 4) is 10.4 Å². The van der Waals surface area contributed by atoms with E-state index in [0.717, 1.165) is 20.3 Å². The fourth-order valence-corrected chi connectivity index (χ4v) is 2.41. The van der Waals surface area contributed by atoms with Crippen LogP contribution in [0.25, 0.3) is 10.4 Å². The molecule has 2 heterocycles. The maximum atomic E-state index is 5.87. The Morgan fingerprint density at radius 3 is 2.79 bits per heavy atom. The van der Waals surface area contributed by atoms with E-state index in [2.05, 4.69) is 4.98 Å². The van der Waals surface area contributed by atoms with Crippen LogP contribution in [0.1, 0.15) is 5.56 Å². The zero-order chi connectivity index (χ0) is 10.1. The first kappa shape index (κ1) is 9.49. The molecule has 0 fully saturated rings. The van der Waals surface area contributed by atoms with Crippen LogP contribution in [-0.4, -0.2) is 4.98 Å². The molecule has 0 amide bonds. The highest BCUT2D eigenvalue weighted by Gasteiger charge is 2.05. The van der Waals surface area contributed by atoms with E-state index in [1.807, 2.05) is 25.1 Å². The van der Waals surface area contributed by atoms with Crippen LogP contribution < -0.4 is 5.73 Å². The number of aryl methyl sites for hydroxylation is 1. The third-order valence-electron chi connectivity index (χ3n) is 1.97. The molecule has 0 bridgehead atoms. The fourth-order valence-electron chi connectivity index (χ4n) is 1.29. The fraction of sp³-hybridized carbons (Fsp3) is 0.100. The molecule has 0 radical (unpaired) electrons. The number of nitrogen functional groups attached to an aromatic ring is 1. The molecular formula is C10H9ClN2S. The predicted molar refractivity (Wildman–Crippen MR) is 61.7 cm³/mol. The molecule has 0 unspecified atom stereocenters. The van der Waals surface area contributed by atoms with Crippen LogP contribution in [0.4, 0.5) is 5.82 Å². The molecule has 0 aliphatic rings. The van der Waals surface area contributed by atoms with E-state index >= 15 is 0 Å². The van der Waals surface area contributed by atoms with Gasteiger partial charge in [-0.2, -0.15) is 0 Å². The Bertz CT molecular complexity index is 465. The highest BCUT2D eigenvalue weighted by molar-refractivity contribution is 7.19. The Balaban J connectivity index is 2.52. The summed E-state index contributed by atoms with van der Waals surface area (Å²) in [5.74, 6) is 0.550. The molecule has 0 spiro atoms. The van der Waals surface area contributed by atoms with Gasteiger partial charge in [-0.25, -0.2) is 4.98 Å². The third-order valence-corrected chi connectivity index (χ3v) is 3.24. The molecule has 0 atom stereocenters. The molecule has 4 heteroatoms. The Morgan fingerprint density at radius 1 is 1.43 bits per heavy atom. The van der Waals surface area contributed by atoms with E-state index in [4.69, 9.17) is 17.3 Å². The number of nitrogens with two attached hydrogens (primary N) is 1. The average Bonchev–Trinajstić information content (AvgIpc) is 2.51. The van der Waals surface area contributed by atoms with Gasteiger partial charge in [-0.05, 0) is 30.7 Å². The van der Waals surface area contributed by atoms with E-state index < -0.39 is 0 Å². The number of thiophene rings is 1. The van der Waals surface area contributed by atoms with E-state index in [-0.39, 0.29) is 0 Å². The quantitative estimate of drug-likeness (QED) is 0.807. The van der Waals surface area contributed by atoms with Gasteiger partial charge < -0.3 is 5.73 Å². The highest BCUT2D eigenvalue weighted by Crippen LogP contribution is 2.32. The minimum Gasteiger partial charge on any atom is -0.384 e. The van der Waals surface area contributed by atoms with Gasteiger partial charge in [0.05, 0.1) is 4.34 Å². The molecular weight excluding hydrogens is 216 g/mol. The van der Waals surface area contributed by atoms with Gasteiger partial charge in [0, 0.05) is 16.6 Å². The van der Waals surface area contributed by atoms with Crippen LogP contribution in [-0.2, 0) is 0 Å². The Labute approximate surface area is 91.4 Å². The standard InChI is InChI=1S/C10H9ClN2S/c1-6-4-10(12)13-5-7(6)8-2-3-9(11)14-8/h2-5H,1H3,(H2,12,13). The second-order valence-corrected chi connectivity index (χ2v) is 4.74. The van der Waals surface area contributed by atoms with Gasteiger partial charge in [0.1, 0.15) is 5.82 Å².